The highest BCUT2D eigenvalue weighted by Gasteiger charge is 2.39. The van der Waals surface area contributed by atoms with E-state index in [0.29, 0.717) is 36.1 Å². The van der Waals surface area contributed by atoms with Crippen LogP contribution in [0.5, 0.6) is 5.75 Å². The number of benzene rings is 1. The number of aromatic carboxylic acids is 1. The number of fused-ring (bicyclic) bond motifs is 1. The molecule has 3 aromatic rings. The molecule has 0 bridgehead atoms. The van der Waals surface area contributed by atoms with Gasteiger partial charge < -0.3 is 20.1 Å². The lowest BCUT2D eigenvalue weighted by molar-refractivity contribution is 0.0694. The molecule has 1 aromatic carbocycles. The molecule has 184 valence electrons. The Balaban J connectivity index is 1.31. The number of piperazine rings is 1. The summed E-state index contributed by atoms with van der Waals surface area (Å²) in [5.41, 5.74) is -0.387. The molecule has 3 aliphatic rings. The zero-order chi connectivity index (χ0) is 24.3. The summed E-state index contributed by atoms with van der Waals surface area (Å²) in [4.78, 5) is 33.2. The minimum atomic E-state index is -1.34. The van der Waals surface area contributed by atoms with Gasteiger partial charge in [-0.05, 0) is 18.9 Å². The first kappa shape index (κ1) is 22.1. The highest BCUT2D eigenvalue weighted by molar-refractivity contribution is 7.13. The number of hydrogen-bond donors (Lipinski definition) is 2. The van der Waals surface area contributed by atoms with Crippen molar-refractivity contribution < 1.29 is 19.0 Å². The minimum absolute atomic E-state index is 0.000488. The first-order valence-corrected chi connectivity index (χ1v) is 12.4. The number of hydrogen-bond acceptors (Lipinski definition) is 9. The van der Waals surface area contributed by atoms with Crippen LogP contribution in [-0.4, -0.2) is 77.7 Å². The molecule has 3 aliphatic heterocycles. The van der Waals surface area contributed by atoms with Crippen LogP contribution in [0.2, 0.25) is 0 Å². The molecular formula is C23H25FN6O4S. The Hall–Kier alpha value is -3.38. The average molecular weight is 501 g/mol. The molecule has 12 heteroatoms. The van der Waals surface area contributed by atoms with Crippen molar-refractivity contribution in [2.75, 3.05) is 55.2 Å². The fourth-order valence-corrected chi connectivity index (χ4v) is 6.11. The summed E-state index contributed by atoms with van der Waals surface area (Å²) in [5, 5.41) is 17.4. The summed E-state index contributed by atoms with van der Waals surface area (Å²) in [6, 6.07) is 1.84. The van der Waals surface area contributed by atoms with Gasteiger partial charge in [-0.1, -0.05) is 0 Å². The Morgan fingerprint density at radius 2 is 2.23 bits per heavy atom. The Morgan fingerprint density at radius 3 is 3.00 bits per heavy atom. The second kappa shape index (κ2) is 8.38. The average Bonchev–Trinajstić information content (AvgIpc) is 3.50. The van der Waals surface area contributed by atoms with Crippen LogP contribution in [0.3, 0.4) is 0 Å². The number of carboxylic acids is 1. The molecule has 2 unspecified atom stereocenters. The molecule has 0 amide bonds. The Labute approximate surface area is 204 Å². The lowest BCUT2D eigenvalue weighted by atomic mass is 10.1. The summed E-state index contributed by atoms with van der Waals surface area (Å²) in [6.07, 6.45) is 5.15. The van der Waals surface area contributed by atoms with Crippen LogP contribution < -0.4 is 25.4 Å². The third-order valence-electron chi connectivity index (χ3n) is 7.21. The molecule has 10 nitrogen and oxygen atoms in total. The molecule has 0 saturated carbocycles. The molecule has 0 spiro atoms. The van der Waals surface area contributed by atoms with E-state index in [1.54, 1.807) is 34.3 Å². The van der Waals surface area contributed by atoms with Gasteiger partial charge in [0, 0.05) is 63.1 Å². The van der Waals surface area contributed by atoms with Crippen LogP contribution >= 0.6 is 11.3 Å². The lowest BCUT2D eigenvalue weighted by Gasteiger charge is -2.42. The predicted molar refractivity (Wildman–Crippen MR) is 131 cm³/mol. The summed E-state index contributed by atoms with van der Waals surface area (Å²) in [7, 11) is 1.72. The SMILES string of the molecule is CN1COc2c(N3CCN4C(CNc5nccs5)CCC4C3)c(F)cc3c(=O)c(C(=O)O)cn1c23. The van der Waals surface area contributed by atoms with Crippen molar-refractivity contribution in [3.05, 3.63) is 45.4 Å². The first-order chi connectivity index (χ1) is 16.9. The molecular weight excluding hydrogens is 475 g/mol. The van der Waals surface area contributed by atoms with Gasteiger partial charge in [0.1, 0.15) is 16.8 Å². The number of carboxylic acid groups (broad SMARTS) is 1. The summed E-state index contributed by atoms with van der Waals surface area (Å²) >= 11 is 1.59. The Morgan fingerprint density at radius 1 is 1.37 bits per heavy atom. The van der Waals surface area contributed by atoms with Crippen LogP contribution in [0.1, 0.15) is 23.2 Å². The van der Waals surface area contributed by atoms with Crippen molar-refractivity contribution in [3.63, 3.8) is 0 Å². The van der Waals surface area contributed by atoms with Gasteiger partial charge in [0.05, 0.1) is 5.39 Å². The van der Waals surface area contributed by atoms with Gasteiger partial charge in [-0.3, -0.25) is 19.4 Å². The van der Waals surface area contributed by atoms with E-state index in [-0.39, 0.29) is 18.2 Å². The molecule has 6 rings (SSSR count). The van der Waals surface area contributed by atoms with Crippen molar-refractivity contribution in [1.29, 1.82) is 0 Å². The van der Waals surface area contributed by atoms with Crippen molar-refractivity contribution in [1.82, 2.24) is 14.6 Å². The summed E-state index contributed by atoms with van der Waals surface area (Å²) in [6.45, 7) is 2.99. The predicted octanol–water partition coefficient (Wildman–Crippen LogP) is 1.98. The summed E-state index contributed by atoms with van der Waals surface area (Å²) < 4.78 is 23.1. The monoisotopic (exact) mass is 500 g/mol. The van der Waals surface area contributed by atoms with Crippen LogP contribution in [-0.2, 0) is 0 Å². The number of halogens is 1. The topological polar surface area (TPSA) is 103 Å². The molecule has 2 aromatic heterocycles. The van der Waals surface area contributed by atoms with Gasteiger partial charge in [0.25, 0.3) is 0 Å². The standard InChI is InChI=1S/C23H25FN6O4S/c1-27-12-34-21-18-15(20(31)16(22(32)33)11-30(18)27)8-17(24)19(21)28-5-6-29-13(2-3-14(29)10-28)9-26-23-25-4-7-35-23/h4,7-8,11,13-14H,2-3,5-6,9-10,12H2,1H3,(H,25,26)(H,32,33). The van der Waals surface area contributed by atoms with Crippen LogP contribution in [0.25, 0.3) is 10.9 Å². The molecule has 2 fully saturated rings. The zero-order valence-corrected chi connectivity index (χ0v) is 19.9. The maximum atomic E-state index is 15.6. The molecule has 5 heterocycles. The van der Waals surface area contributed by atoms with E-state index in [1.807, 2.05) is 10.3 Å². The molecule has 2 atom stereocenters. The third-order valence-corrected chi connectivity index (χ3v) is 7.94. The zero-order valence-electron chi connectivity index (χ0n) is 19.1. The number of thiazole rings is 1. The second-order valence-corrected chi connectivity index (χ2v) is 10.1. The van der Waals surface area contributed by atoms with Crippen molar-refractivity contribution in [2.45, 2.75) is 24.9 Å². The molecule has 35 heavy (non-hydrogen) atoms. The van der Waals surface area contributed by atoms with Gasteiger partial charge in [-0.15, -0.1) is 11.3 Å². The number of ether oxygens (including phenoxy) is 1. The maximum Gasteiger partial charge on any atom is 0.341 e. The van der Waals surface area contributed by atoms with Crippen molar-refractivity contribution in [3.8, 4) is 5.75 Å². The fraction of sp³-hybridized carbons (Fsp3) is 0.435. The number of anilines is 2. The molecule has 2 saturated heterocycles. The van der Waals surface area contributed by atoms with E-state index in [0.717, 1.165) is 37.1 Å². The van der Waals surface area contributed by atoms with Crippen molar-refractivity contribution >= 4 is 39.0 Å². The van der Waals surface area contributed by atoms with Crippen LogP contribution in [0.15, 0.2) is 28.6 Å². The van der Waals surface area contributed by atoms with E-state index in [2.05, 4.69) is 15.2 Å². The van der Waals surface area contributed by atoms with E-state index < -0.39 is 22.8 Å². The normalized spacial score (nSPS) is 21.8. The fourth-order valence-electron chi connectivity index (χ4n) is 5.57. The third kappa shape index (κ3) is 3.59. The first-order valence-electron chi connectivity index (χ1n) is 11.6. The van der Waals surface area contributed by atoms with Gasteiger partial charge in [-0.2, -0.15) is 0 Å². The van der Waals surface area contributed by atoms with Crippen LogP contribution in [0.4, 0.5) is 15.2 Å². The van der Waals surface area contributed by atoms with E-state index >= 15 is 4.39 Å². The van der Waals surface area contributed by atoms with Crippen molar-refractivity contribution in [2.24, 2.45) is 0 Å². The Bertz CT molecular complexity index is 1360. The highest BCUT2D eigenvalue weighted by Crippen LogP contribution is 2.41. The van der Waals surface area contributed by atoms with Crippen LogP contribution in [0, 0.1) is 5.82 Å². The highest BCUT2D eigenvalue weighted by atomic mass is 32.1. The number of aromatic nitrogens is 2. The summed E-state index contributed by atoms with van der Waals surface area (Å²) in [5.74, 6) is -1.62. The molecule has 0 radical (unpaired) electrons. The molecule has 0 aliphatic carbocycles. The van der Waals surface area contributed by atoms with Gasteiger partial charge in [-0.25, -0.2) is 14.2 Å². The van der Waals surface area contributed by atoms with E-state index in [1.165, 1.54) is 6.20 Å². The van der Waals surface area contributed by atoms with Gasteiger partial charge >= 0.3 is 5.97 Å². The number of nitrogens with one attached hydrogen (secondary N) is 1. The van der Waals surface area contributed by atoms with E-state index in [9.17, 15) is 14.7 Å². The molecule has 2 N–H and O–H groups in total. The maximum absolute atomic E-state index is 15.6. The number of nitrogens with zero attached hydrogens (tertiary/aromatic N) is 5. The van der Waals surface area contributed by atoms with Gasteiger partial charge in [0.15, 0.2) is 23.4 Å². The lowest BCUT2D eigenvalue weighted by Crippen LogP contribution is -2.54. The number of pyridine rings is 1. The Kier molecular flexibility index (Phi) is 5.29. The second-order valence-electron chi connectivity index (χ2n) is 9.17. The van der Waals surface area contributed by atoms with Gasteiger partial charge in [0.2, 0.25) is 5.43 Å². The number of carbonyl (C=O) groups is 1. The quantitative estimate of drug-likeness (QED) is 0.544. The largest absolute Gasteiger partial charge is 0.477 e. The van der Waals surface area contributed by atoms with E-state index in [4.69, 9.17) is 4.74 Å². The smallest absolute Gasteiger partial charge is 0.341 e. The number of rotatable bonds is 5. The minimum Gasteiger partial charge on any atom is -0.477 e.